The number of unbranched alkanes of at least 4 members (excludes halogenated alkanes) is 1. The third-order valence-electron chi connectivity index (χ3n) is 4.23. The van der Waals surface area contributed by atoms with E-state index in [1.165, 1.54) is 12.1 Å². The van der Waals surface area contributed by atoms with Gasteiger partial charge in [0, 0.05) is 38.9 Å². The first-order valence-corrected chi connectivity index (χ1v) is 9.16. The summed E-state index contributed by atoms with van der Waals surface area (Å²) in [4.78, 5) is 15.7. The molecule has 0 aliphatic carbocycles. The summed E-state index contributed by atoms with van der Waals surface area (Å²) in [7, 11) is 1.66. The van der Waals surface area contributed by atoms with E-state index in [0.29, 0.717) is 32.0 Å². The van der Waals surface area contributed by atoms with Crippen molar-refractivity contribution in [3.8, 4) is 0 Å². The summed E-state index contributed by atoms with van der Waals surface area (Å²) in [6.45, 7) is 1.94. The number of aliphatic imine (C=N–C) groups is 1. The summed E-state index contributed by atoms with van der Waals surface area (Å²) in [6.07, 6.45) is -0.204. The number of hydrogen-bond acceptors (Lipinski definition) is 2. The van der Waals surface area contributed by atoms with Gasteiger partial charge in [0.05, 0.1) is 5.56 Å². The lowest BCUT2D eigenvalue weighted by Crippen LogP contribution is -2.38. The maximum Gasteiger partial charge on any atom is 0.416 e. The predicted molar refractivity (Wildman–Crippen MR) is 120 cm³/mol. The Labute approximate surface area is 185 Å². The van der Waals surface area contributed by atoms with Crippen LogP contribution in [0.5, 0.6) is 0 Å². The van der Waals surface area contributed by atoms with Crippen LogP contribution in [0.3, 0.4) is 0 Å². The minimum atomic E-state index is -4.31. The van der Waals surface area contributed by atoms with Crippen LogP contribution < -0.4 is 16.2 Å². The maximum absolute atomic E-state index is 12.6. The first-order valence-electron chi connectivity index (χ1n) is 9.16. The van der Waals surface area contributed by atoms with Crippen molar-refractivity contribution in [3.63, 3.8) is 0 Å². The zero-order chi connectivity index (χ0) is 20.4. The van der Waals surface area contributed by atoms with Gasteiger partial charge < -0.3 is 15.2 Å². The summed E-state index contributed by atoms with van der Waals surface area (Å²) in [5.41, 5.74) is 0.180. The van der Waals surface area contributed by atoms with Gasteiger partial charge in [-0.3, -0.25) is 9.79 Å². The zero-order valence-corrected chi connectivity index (χ0v) is 18.5. The van der Waals surface area contributed by atoms with Crippen molar-refractivity contribution in [2.45, 2.75) is 32.0 Å². The van der Waals surface area contributed by atoms with Crippen LogP contribution in [-0.4, -0.2) is 30.7 Å². The van der Waals surface area contributed by atoms with Gasteiger partial charge in [-0.05, 0) is 43.0 Å². The molecule has 0 aliphatic heterocycles. The van der Waals surface area contributed by atoms with E-state index in [1.807, 2.05) is 6.07 Å². The highest BCUT2D eigenvalue weighted by Crippen LogP contribution is 2.29. The van der Waals surface area contributed by atoms with Crippen LogP contribution in [0.25, 0.3) is 0 Å². The fourth-order valence-electron chi connectivity index (χ4n) is 2.67. The Morgan fingerprint density at radius 3 is 2.34 bits per heavy atom. The molecule has 0 radical (unpaired) electrons. The van der Waals surface area contributed by atoms with Crippen molar-refractivity contribution in [1.82, 2.24) is 15.2 Å². The molecule has 1 aromatic carbocycles. The van der Waals surface area contributed by atoms with Gasteiger partial charge in [-0.25, -0.2) is 0 Å². The topological polar surface area (TPSA) is 58.4 Å². The molecule has 0 atom stereocenters. The Balaban J connectivity index is 0.00000420. The predicted octanol–water partition coefficient (Wildman–Crippen LogP) is 3.67. The standard InChI is InChI=1S/C20H25F3N4O.HI/c1-24-19(25-12-3-5-15-27-14-4-2-6-18(27)28)26-13-11-16-7-9-17(10-8-16)20(21,22)23;/h2,4,6-10,14H,3,5,11-13,15H2,1H3,(H2,24,25,26);1H. The average Bonchev–Trinajstić information content (AvgIpc) is 2.67. The molecular weight excluding hydrogens is 496 g/mol. The summed E-state index contributed by atoms with van der Waals surface area (Å²) in [5, 5.41) is 6.33. The summed E-state index contributed by atoms with van der Waals surface area (Å²) >= 11 is 0. The second-order valence-corrected chi connectivity index (χ2v) is 6.31. The van der Waals surface area contributed by atoms with Gasteiger partial charge in [0.2, 0.25) is 5.56 Å². The number of benzene rings is 1. The number of nitrogens with zero attached hydrogens (tertiary/aromatic N) is 2. The van der Waals surface area contributed by atoms with Crippen molar-refractivity contribution in [1.29, 1.82) is 0 Å². The smallest absolute Gasteiger partial charge is 0.356 e. The first kappa shape index (κ1) is 25.0. The molecule has 2 N–H and O–H groups in total. The monoisotopic (exact) mass is 522 g/mol. The number of pyridine rings is 1. The lowest BCUT2D eigenvalue weighted by molar-refractivity contribution is -0.137. The Bertz CT molecular complexity index is 819. The molecule has 2 aromatic rings. The van der Waals surface area contributed by atoms with Crippen molar-refractivity contribution in [2.24, 2.45) is 4.99 Å². The summed E-state index contributed by atoms with van der Waals surface area (Å²) in [5.74, 6) is 0.642. The molecule has 0 fully saturated rings. The molecule has 0 amide bonds. The Hall–Kier alpha value is -2.04. The van der Waals surface area contributed by atoms with E-state index in [9.17, 15) is 18.0 Å². The number of alkyl halides is 3. The molecule has 0 spiro atoms. The fourth-order valence-corrected chi connectivity index (χ4v) is 2.67. The molecule has 0 aliphatic rings. The van der Waals surface area contributed by atoms with Crippen LogP contribution in [0.4, 0.5) is 13.2 Å². The first-order chi connectivity index (χ1) is 13.4. The van der Waals surface area contributed by atoms with Crippen LogP contribution in [0.15, 0.2) is 58.4 Å². The van der Waals surface area contributed by atoms with Gasteiger partial charge in [-0.15, -0.1) is 24.0 Å². The highest BCUT2D eigenvalue weighted by atomic mass is 127. The SMILES string of the molecule is CN=C(NCCCCn1ccccc1=O)NCCc1ccc(C(F)(F)F)cc1.I. The quantitative estimate of drug-likeness (QED) is 0.241. The summed E-state index contributed by atoms with van der Waals surface area (Å²) in [6, 6.07) is 10.3. The fraction of sp³-hybridized carbons (Fsp3) is 0.400. The lowest BCUT2D eigenvalue weighted by Gasteiger charge is -2.12. The highest BCUT2D eigenvalue weighted by Gasteiger charge is 2.29. The van der Waals surface area contributed by atoms with Crippen molar-refractivity contribution in [2.75, 3.05) is 20.1 Å². The van der Waals surface area contributed by atoms with E-state index in [0.717, 1.165) is 30.5 Å². The second kappa shape index (κ2) is 12.5. The number of guanidine groups is 1. The minimum Gasteiger partial charge on any atom is -0.356 e. The Kier molecular flexibility index (Phi) is 10.8. The van der Waals surface area contributed by atoms with Crippen LogP contribution in [-0.2, 0) is 19.1 Å². The molecule has 1 aromatic heterocycles. The Morgan fingerprint density at radius 1 is 1.03 bits per heavy atom. The molecular formula is C20H26F3IN4O. The van der Waals surface area contributed by atoms with Gasteiger partial charge in [0.15, 0.2) is 5.96 Å². The highest BCUT2D eigenvalue weighted by molar-refractivity contribution is 14.0. The molecule has 160 valence electrons. The van der Waals surface area contributed by atoms with Crippen LogP contribution >= 0.6 is 24.0 Å². The third-order valence-corrected chi connectivity index (χ3v) is 4.23. The zero-order valence-electron chi connectivity index (χ0n) is 16.2. The third kappa shape index (κ3) is 8.88. The number of nitrogens with one attached hydrogen (secondary N) is 2. The van der Waals surface area contributed by atoms with Gasteiger partial charge in [0.1, 0.15) is 0 Å². The van der Waals surface area contributed by atoms with Gasteiger partial charge in [-0.2, -0.15) is 13.2 Å². The molecule has 0 saturated carbocycles. The van der Waals surface area contributed by atoms with Crippen molar-refractivity contribution < 1.29 is 13.2 Å². The molecule has 9 heteroatoms. The lowest BCUT2D eigenvalue weighted by atomic mass is 10.1. The molecule has 5 nitrogen and oxygen atoms in total. The molecule has 0 bridgehead atoms. The number of hydrogen-bond donors (Lipinski definition) is 2. The van der Waals surface area contributed by atoms with Crippen molar-refractivity contribution >= 4 is 29.9 Å². The number of halogens is 4. The van der Waals surface area contributed by atoms with E-state index < -0.39 is 11.7 Å². The van der Waals surface area contributed by atoms with Crippen LogP contribution in [0.2, 0.25) is 0 Å². The molecule has 2 rings (SSSR count). The van der Waals surface area contributed by atoms with E-state index in [4.69, 9.17) is 0 Å². The van der Waals surface area contributed by atoms with Gasteiger partial charge in [-0.1, -0.05) is 18.2 Å². The normalized spacial score (nSPS) is 11.7. The Morgan fingerprint density at radius 2 is 1.72 bits per heavy atom. The molecule has 0 saturated heterocycles. The van der Waals surface area contributed by atoms with Gasteiger partial charge in [0.25, 0.3) is 0 Å². The largest absolute Gasteiger partial charge is 0.416 e. The number of rotatable bonds is 8. The van der Waals surface area contributed by atoms with E-state index in [1.54, 1.807) is 29.9 Å². The van der Waals surface area contributed by atoms with E-state index in [2.05, 4.69) is 15.6 Å². The van der Waals surface area contributed by atoms with Crippen molar-refractivity contribution in [3.05, 3.63) is 70.1 Å². The average molecular weight is 522 g/mol. The summed E-state index contributed by atoms with van der Waals surface area (Å²) < 4.78 is 39.4. The molecule has 0 unspecified atom stereocenters. The van der Waals surface area contributed by atoms with Gasteiger partial charge >= 0.3 is 6.18 Å². The number of aromatic nitrogens is 1. The van der Waals surface area contributed by atoms with E-state index >= 15 is 0 Å². The maximum atomic E-state index is 12.6. The molecule has 1 heterocycles. The second-order valence-electron chi connectivity index (χ2n) is 6.31. The number of aryl methyl sites for hydroxylation is 1. The minimum absolute atomic E-state index is 0. The van der Waals surface area contributed by atoms with E-state index in [-0.39, 0.29) is 29.5 Å². The van der Waals surface area contributed by atoms with Crippen LogP contribution in [0, 0.1) is 0 Å². The van der Waals surface area contributed by atoms with Crippen LogP contribution in [0.1, 0.15) is 24.0 Å². The molecule has 29 heavy (non-hydrogen) atoms.